The summed E-state index contributed by atoms with van der Waals surface area (Å²) in [6.07, 6.45) is 1.96. The number of benzene rings is 1. The number of hydrogen-bond acceptors (Lipinski definition) is 4. The van der Waals surface area contributed by atoms with Crippen molar-refractivity contribution in [2.24, 2.45) is 5.41 Å². The van der Waals surface area contributed by atoms with Gasteiger partial charge in [-0.1, -0.05) is 18.2 Å². The molecule has 0 spiro atoms. The highest BCUT2D eigenvalue weighted by Crippen LogP contribution is 2.31. The lowest BCUT2D eigenvalue weighted by Crippen LogP contribution is -2.45. The van der Waals surface area contributed by atoms with Crippen molar-refractivity contribution in [3.8, 4) is 0 Å². The molecule has 5 nitrogen and oxygen atoms in total. The Kier molecular flexibility index (Phi) is 4.57. The van der Waals surface area contributed by atoms with Crippen LogP contribution in [0, 0.1) is 5.41 Å². The van der Waals surface area contributed by atoms with Crippen LogP contribution < -0.4 is 4.90 Å². The van der Waals surface area contributed by atoms with Gasteiger partial charge in [0.05, 0.1) is 10.9 Å². The Hall–Kier alpha value is -2.14. The van der Waals surface area contributed by atoms with Crippen LogP contribution in [0.25, 0.3) is 10.9 Å². The van der Waals surface area contributed by atoms with Crippen LogP contribution in [-0.2, 0) is 4.79 Å². The Bertz CT molecular complexity index is 807. The highest BCUT2D eigenvalue weighted by molar-refractivity contribution is 5.83. The lowest BCUT2D eigenvalue weighted by Gasteiger charge is -2.31. The summed E-state index contributed by atoms with van der Waals surface area (Å²) in [7, 11) is 2.11. The maximum Gasteiger partial charge on any atom is 0.229 e. The topological polar surface area (TPSA) is 39.7 Å². The third-order valence-corrected chi connectivity index (χ3v) is 5.87. The molecule has 0 aliphatic carbocycles. The Morgan fingerprint density at radius 2 is 1.88 bits per heavy atom. The fourth-order valence-electron chi connectivity index (χ4n) is 4.33. The molecular weight excluding hydrogens is 324 g/mol. The van der Waals surface area contributed by atoms with Crippen LogP contribution >= 0.6 is 0 Å². The molecule has 0 bridgehead atoms. The molecule has 0 saturated carbocycles. The SMILES string of the molecule is CN1CCC(C)(C(=O)N2CCCN(c3ccc4ccccc4n3)CC2)C1. The zero-order chi connectivity index (χ0) is 18.1. The fraction of sp³-hybridized carbons (Fsp3) is 0.524. The number of likely N-dealkylation sites (tertiary alicyclic amines) is 1. The number of rotatable bonds is 2. The number of carbonyl (C=O) groups excluding carboxylic acids is 1. The molecule has 0 N–H and O–H groups in total. The molecule has 1 unspecified atom stereocenters. The van der Waals surface area contributed by atoms with Crippen molar-refractivity contribution in [2.75, 3.05) is 51.2 Å². The normalized spacial score (nSPS) is 24.8. The first-order valence-electron chi connectivity index (χ1n) is 9.64. The maximum atomic E-state index is 13.1. The first-order valence-corrected chi connectivity index (χ1v) is 9.64. The van der Waals surface area contributed by atoms with Gasteiger partial charge in [-0.05, 0) is 51.6 Å². The molecule has 1 atom stereocenters. The molecule has 26 heavy (non-hydrogen) atoms. The van der Waals surface area contributed by atoms with E-state index in [0.717, 1.165) is 63.4 Å². The van der Waals surface area contributed by atoms with Crippen LogP contribution in [0.15, 0.2) is 36.4 Å². The van der Waals surface area contributed by atoms with Gasteiger partial charge in [-0.15, -0.1) is 0 Å². The molecule has 2 aliphatic heterocycles. The quantitative estimate of drug-likeness (QED) is 0.833. The third kappa shape index (κ3) is 3.28. The predicted octanol–water partition coefficient (Wildman–Crippen LogP) is 2.62. The summed E-state index contributed by atoms with van der Waals surface area (Å²) in [6.45, 7) is 7.46. The van der Waals surface area contributed by atoms with E-state index in [4.69, 9.17) is 4.98 Å². The van der Waals surface area contributed by atoms with E-state index in [9.17, 15) is 4.79 Å². The summed E-state index contributed by atoms with van der Waals surface area (Å²) in [4.78, 5) is 24.6. The predicted molar refractivity (Wildman–Crippen MR) is 105 cm³/mol. The van der Waals surface area contributed by atoms with E-state index < -0.39 is 0 Å². The standard InChI is InChI=1S/C21H28N4O/c1-21(10-13-23(2)16-21)20(26)25-12-5-11-24(14-15-25)19-9-8-17-6-3-4-7-18(17)22-19/h3-4,6-9H,5,10-16H2,1-2H3. The van der Waals surface area contributed by atoms with Gasteiger partial charge in [0.2, 0.25) is 5.91 Å². The summed E-state index contributed by atoms with van der Waals surface area (Å²) in [5.74, 6) is 1.35. The van der Waals surface area contributed by atoms with Crippen LogP contribution in [0.5, 0.6) is 0 Å². The van der Waals surface area contributed by atoms with E-state index in [1.165, 1.54) is 5.39 Å². The van der Waals surface area contributed by atoms with Gasteiger partial charge >= 0.3 is 0 Å². The molecule has 1 aromatic heterocycles. The lowest BCUT2D eigenvalue weighted by molar-refractivity contribution is -0.140. The smallest absolute Gasteiger partial charge is 0.229 e. The van der Waals surface area contributed by atoms with E-state index >= 15 is 0 Å². The minimum absolute atomic E-state index is 0.217. The van der Waals surface area contributed by atoms with Crippen molar-refractivity contribution in [3.63, 3.8) is 0 Å². The average Bonchev–Trinajstić information content (AvgIpc) is 2.86. The molecule has 0 radical (unpaired) electrons. The summed E-state index contributed by atoms with van der Waals surface area (Å²) in [5, 5.41) is 1.17. The molecule has 3 heterocycles. The summed E-state index contributed by atoms with van der Waals surface area (Å²) >= 11 is 0. The minimum atomic E-state index is -0.217. The second-order valence-corrected chi connectivity index (χ2v) is 8.04. The number of para-hydroxylation sites is 1. The number of anilines is 1. The zero-order valence-corrected chi connectivity index (χ0v) is 15.8. The van der Waals surface area contributed by atoms with Crippen LogP contribution in [0.2, 0.25) is 0 Å². The number of hydrogen-bond donors (Lipinski definition) is 0. The Morgan fingerprint density at radius 1 is 1.04 bits per heavy atom. The first-order chi connectivity index (χ1) is 12.5. The van der Waals surface area contributed by atoms with E-state index in [0.29, 0.717) is 5.91 Å². The molecule has 2 aromatic rings. The Morgan fingerprint density at radius 3 is 2.69 bits per heavy atom. The monoisotopic (exact) mass is 352 g/mol. The molecule has 5 heteroatoms. The highest BCUT2D eigenvalue weighted by Gasteiger charge is 2.41. The molecule has 138 valence electrons. The average molecular weight is 352 g/mol. The number of nitrogens with zero attached hydrogens (tertiary/aromatic N) is 4. The Labute approximate surface area is 155 Å². The summed E-state index contributed by atoms with van der Waals surface area (Å²) in [5.41, 5.74) is 0.814. The fourth-order valence-corrected chi connectivity index (χ4v) is 4.33. The minimum Gasteiger partial charge on any atom is -0.355 e. The van der Waals surface area contributed by atoms with E-state index in [-0.39, 0.29) is 5.41 Å². The van der Waals surface area contributed by atoms with Gasteiger partial charge in [0.25, 0.3) is 0 Å². The van der Waals surface area contributed by atoms with Crippen LogP contribution in [0.1, 0.15) is 19.8 Å². The molecule has 1 aromatic carbocycles. The van der Waals surface area contributed by atoms with Gasteiger partial charge in [0.15, 0.2) is 0 Å². The molecular formula is C21H28N4O. The van der Waals surface area contributed by atoms with E-state index in [2.05, 4.69) is 52.9 Å². The van der Waals surface area contributed by atoms with Crippen molar-refractivity contribution < 1.29 is 4.79 Å². The number of aromatic nitrogens is 1. The second-order valence-electron chi connectivity index (χ2n) is 8.04. The molecule has 2 aliphatic rings. The van der Waals surface area contributed by atoms with Gasteiger partial charge < -0.3 is 14.7 Å². The van der Waals surface area contributed by atoms with Crippen LogP contribution in [0.4, 0.5) is 5.82 Å². The van der Waals surface area contributed by atoms with Crippen molar-refractivity contribution >= 4 is 22.6 Å². The Balaban J connectivity index is 1.46. The van der Waals surface area contributed by atoms with Crippen molar-refractivity contribution in [1.29, 1.82) is 0 Å². The van der Waals surface area contributed by atoms with Gasteiger partial charge in [-0.2, -0.15) is 0 Å². The number of amides is 1. The molecule has 2 saturated heterocycles. The number of pyridine rings is 1. The van der Waals surface area contributed by atoms with Crippen molar-refractivity contribution in [3.05, 3.63) is 36.4 Å². The molecule has 4 rings (SSSR count). The van der Waals surface area contributed by atoms with E-state index in [1.807, 2.05) is 12.1 Å². The maximum absolute atomic E-state index is 13.1. The van der Waals surface area contributed by atoms with Crippen LogP contribution in [-0.4, -0.2) is 67.0 Å². The molecule has 1 amide bonds. The molecule has 2 fully saturated rings. The third-order valence-electron chi connectivity index (χ3n) is 5.87. The highest BCUT2D eigenvalue weighted by atomic mass is 16.2. The largest absolute Gasteiger partial charge is 0.355 e. The van der Waals surface area contributed by atoms with Gasteiger partial charge in [-0.25, -0.2) is 4.98 Å². The van der Waals surface area contributed by atoms with Crippen LogP contribution in [0.3, 0.4) is 0 Å². The van der Waals surface area contributed by atoms with Gasteiger partial charge in [0, 0.05) is 38.1 Å². The van der Waals surface area contributed by atoms with Gasteiger partial charge in [0.1, 0.15) is 5.82 Å². The summed E-state index contributed by atoms with van der Waals surface area (Å²) < 4.78 is 0. The zero-order valence-electron chi connectivity index (χ0n) is 15.8. The lowest BCUT2D eigenvalue weighted by atomic mass is 9.88. The van der Waals surface area contributed by atoms with Crippen molar-refractivity contribution in [2.45, 2.75) is 19.8 Å². The first kappa shape index (κ1) is 17.3. The summed E-state index contributed by atoms with van der Waals surface area (Å²) in [6, 6.07) is 12.5. The van der Waals surface area contributed by atoms with E-state index in [1.54, 1.807) is 0 Å². The van der Waals surface area contributed by atoms with Crippen molar-refractivity contribution in [1.82, 2.24) is 14.8 Å². The van der Waals surface area contributed by atoms with Gasteiger partial charge in [-0.3, -0.25) is 4.79 Å². The second kappa shape index (κ2) is 6.88. The number of fused-ring (bicyclic) bond motifs is 1. The number of carbonyl (C=O) groups is 1.